The fourth-order valence-corrected chi connectivity index (χ4v) is 0.275. The molecular weight excluding hydrogens is 119 g/mol. The number of hydrogen-bond donors (Lipinski definition) is 1. The van der Waals surface area contributed by atoms with Crippen LogP contribution in [0.3, 0.4) is 0 Å². The molecule has 0 aromatic carbocycles. The van der Waals surface area contributed by atoms with Crippen LogP contribution in [0.4, 0.5) is 0 Å². The van der Waals surface area contributed by atoms with E-state index in [1.807, 2.05) is 0 Å². The van der Waals surface area contributed by atoms with Crippen LogP contribution in [0.5, 0.6) is 0 Å². The number of rotatable bonds is 1. The summed E-state index contributed by atoms with van der Waals surface area (Å²) in [6.07, 6.45) is 0. The second kappa shape index (κ2) is 2.87. The third-order valence-corrected chi connectivity index (χ3v) is 0.808. The zero-order chi connectivity index (χ0) is 7.49. The van der Waals surface area contributed by atoms with E-state index >= 15 is 0 Å². The van der Waals surface area contributed by atoms with Gasteiger partial charge in [-0.2, -0.15) is 0 Å². The predicted octanol–water partition coefficient (Wildman–Crippen LogP) is -0.166. The molecule has 0 aromatic rings. The highest BCUT2D eigenvalue weighted by Crippen LogP contribution is 2.13. The van der Waals surface area contributed by atoms with Crippen LogP contribution in [0.1, 0.15) is 20.8 Å². The molecule has 0 amide bonds. The van der Waals surface area contributed by atoms with Crippen molar-refractivity contribution >= 4 is 13.7 Å². The van der Waals surface area contributed by atoms with E-state index < -0.39 is 13.1 Å². The Hall–Kier alpha value is -0.505. The van der Waals surface area contributed by atoms with Crippen LogP contribution in [0, 0.1) is 5.41 Å². The van der Waals surface area contributed by atoms with E-state index in [4.69, 9.17) is 5.02 Å². The number of carbonyl (C=O) groups excluding carboxylic acids is 1. The smallest absolute Gasteiger partial charge is 0.506 e. The summed E-state index contributed by atoms with van der Waals surface area (Å²) < 4.78 is 4.32. The van der Waals surface area contributed by atoms with E-state index in [0.717, 1.165) is 0 Å². The molecule has 0 unspecified atom stereocenters. The van der Waals surface area contributed by atoms with Gasteiger partial charge in [-0.3, -0.25) is 4.79 Å². The monoisotopic (exact) mass is 130 g/mol. The van der Waals surface area contributed by atoms with Gasteiger partial charge in [0, 0.05) is 0 Å². The minimum atomic E-state index is -0.532. The lowest BCUT2D eigenvalue weighted by Crippen LogP contribution is -2.24. The van der Waals surface area contributed by atoms with Crippen LogP contribution in [0.15, 0.2) is 0 Å². The van der Waals surface area contributed by atoms with Gasteiger partial charge in [0.2, 0.25) is 0 Å². The highest BCUT2D eigenvalue weighted by Gasteiger charge is 2.22. The summed E-state index contributed by atoms with van der Waals surface area (Å²) in [6.45, 7) is 5.18. The summed E-state index contributed by atoms with van der Waals surface area (Å²) in [4.78, 5) is 10.7. The average molecular weight is 130 g/mol. The molecule has 0 atom stereocenters. The normalized spacial score (nSPS) is 10.7. The first-order valence-electron chi connectivity index (χ1n) is 2.76. The van der Waals surface area contributed by atoms with Crippen LogP contribution in [-0.2, 0) is 9.45 Å². The standard InChI is InChI=1S/C5H11BO3/c1-5(2,3)4(7)9-6-8/h6,8H,1-3H3. The maximum Gasteiger partial charge on any atom is 0.506 e. The van der Waals surface area contributed by atoms with Crippen molar-refractivity contribution in [3.63, 3.8) is 0 Å². The van der Waals surface area contributed by atoms with Gasteiger partial charge in [0.25, 0.3) is 5.97 Å². The quantitative estimate of drug-likeness (QED) is 0.501. The zero-order valence-electron chi connectivity index (χ0n) is 5.97. The summed E-state index contributed by atoms with van der Waals surface area (Å²) in [5.41, 5.74) is -0.511. The molecule has 4 heteroatoms. The Morgan fingerprint density at radius 3 is 2.11 bits per heavy atom. The molecule has 1 N–H and O–H groups in total. The van der Waals surface area contributed by atoms with Crippen molar-refractivity contribution in [2.45, 2.75) is 20.8 Å². The molecule has 0 spiro atoms. The van der Waals surface area contributed by atoms with Gasteiger partial charge in [0.15, 0.2) is 0 Å². The van der Waals surface area contributed by atoms with E-state index in [1.165, 1.54) is 0 Å². The maximum absolute atomic E-state index is 10.7. The lowest BCUT2D eigenvalue weighted by Gasteiger charge is -2.14. The lowest BCUT2D eigenvalue weighted by molar-refractivity contribution is -0.143. The molecule has 0 bridgehead atoms. The molecular formula is C5H11BO3. The van der Waals surface area contributed by atoms with Crippen LogP contribution in [0.2, 0.25) is 0 Å². The van der Waals surface area contributed by atoms with E-state index in [9.17, 15) is 4.79 Å². The van der Waals surface area contributed by atoms with Crippen LogP contribution in [-0.4, -0.2) is 18.7 Å². The Kier molecular flexibility index (Phi) is 2.71. The fraction of sp³-hybridized carbons (Fsp3) is 0.800. The highest BCUT2D eigenvalue weighted by atomic mass is 16.6. The van der Waals surface area contributed by atoms with Gasteiger partial charge in [0.05, 0.1) is 5.41 Å². The summed E-state index contributed by atoms with van der Waals surface area (Å²) in [5.74, 6) is -0.384. The average Bonchev–Trinajstić information content (AvgIpc) is 1.64. The highest BCUT2D eigenvalue weighted by molar-refractivity contribution is 6.20. The van der Waals surface area contributed by atoms with Crippen molar-refractivity contribution in [2.75, 3.05) is 0 Å². The first-order valence-corrected chi connectivity index (χ1v) is 2.76. The molecule has 0 aliphatic carbocycles. The molecule has 0 aromatic heterocycles. The molecule has 0 fully saturated rings. The van der Waals surface area contributed by atoms with Crippen LogP contribution >= 0.6 is 0 Å². The van der Waals surface area contributed by atoms with Crippen molar-refractivity contribution in [3.05, 3.63) is 0 Å². The molecule has 0 aliphatic rings. The Balaban J connectivity index is 3.74. The largest absolute Gasteiger partial charge is 0.512 e. The molecule has 0 heterocycles. The van der Waals surface area contributed by atoms with E-state index in [-0.39, 0.29) is 5.97 Å². The minimum Gasteiger partial charge on any atom is -0.512 e. The summed E-state index contributed by atoms with van der Waals surface area (Å²) in [6, 6.07) is 0. The van der Waals surface area contributed by atoms with Crippen molar-refractivity contribution in [2.24, 2.45) is 5.41 Å². The van der Waals surface area contributed by atoms with Gasteiger partial charge in [-0.1, -0.05) is 0 Å². The minimum absolute atomic E-state index is 0.384. The number of carbonyl (C=O) groups is 1. The predicted molar refractivity (Wildman–Crippen MR) is 34.9 cm³/mol. The summed E-state index contributed by atoms with van der Waals surface area (Å²) in [5, 5.41) is 8.16. The third kappa shape index (κ3) is 3.14. The van der Waals surface area contributed by atoms with Crippen molar-refractivity contribution in [1.82, 2.24) is 0 Å². The molecule has 0 saturated carbocycles. The van der Waals surface area contributed by atoms with Gasteiger partial charge in [-0.25, -0.2) is 0 Å². The Morgan fingerprint density at radius 2 is 2.00 bits per heavy atom. The molecule has 0 saturated heterocycles. The van der Waals surface area contributed by atoms with E-state index in [1.54, 1.807) is 20.8 Å². The van der Waals surface area contributed by atoms with Crippen LogP contribution in [0.25, 0.3) is 0 Å². The molecule has 0 radical (unpaired) electrons. The maximum atomic E-state index is 10.7. The second-order valence-electron chi connectivity index (χ2n) is 2.81. The van der Waals surface area contributed by atoms with Gasteiger partial charge >= 0.3 is 7.69 Å². The first kappa shape index (κ1) is 8.49. The zero-order valence-corrected chi connectivity index (χ0v) is 5.97. The molecule has 9 heavy (non-hydrogen) atoms. The molecule has 3 nitrogen and oxygen atoms in total. The van der Waals surface area contributed by atoms with Gasteiger partial charge in [-0.05, 0) is 20.8 Å². The van der Waals surface area contributed by atoms with Crippen molar-refractivity contribution in [3.8, 4) is 0 Å². The third-order valence-electron chi connectivity index (χ3n) is 0.808. The molecule has 0 aliphatic heterocycles. The Morgan fingerprint density at radius 1 is 1.56 bits per heavy atom. The topological polar surface area (TPSA) is 46.5 Å². The second-order valence-corrected chi connectivity index (χ2v) is 2.81. The van der Waals surface area contributed by atoms with Crippen LogP contribution < -0.4 is 0 Å². The van der Waals surface area contributed by atoms with Gasteiger partial charge in [0.1, 0.15) is 0 Å². The van der Waals surface area contributed by atoms with Gasteiger partial charge in [-0.15, -0.1) is 0 Å². The SMILES string of the molecule is CC(C)(C)C(=O)OBO. The Labute approximate surface area is 55.3 Å². The fourth-order valence-electron chi connectivity index (χ4n) is 0.275. The Bertz CT molecular complexity index is 105. The first-order chi connectivity index (χ1) is 3.98. The van der Waals surface area contributed by atoms with Gasteiger partial charge < -0.3 is 9.68 Å². The molecule has 0 rings (SSSR count). The number of hydrogen-bond acceptors (Lipinski definition) is 3. The summed E-state index contributed by atoms with van der Waals surface area (Å²) >= 11 is 0. The lowest BCUT2D eigenvalue weighted by atomic mass is 9.97. The summed E-state index contributed by atoms with van der Waals surface area (Å²) in [7, 11) is -0.532. The van der Waals surface area contributed by atoms with E-state index in [0.29, 0.717) is 0 Å². The molecule has 52 valence electrons. The van der Waals surface area contributed by atoms with Crippen molar-refractivity contribution in [1.29, 1.82) is 0 Å². The van der Waals surface area contributed by atoms with Crippen molar-refractivity contribution < 1.29 is 14.5 Å². The van der Waals surface area contributed by atoms with E-state index in [2.05, 4.69) is 4.65 Å².